The standard InChI is InChI=1S/C20H24O5/c1-22-14-24-19-11-17(13-21)12-20(25-15-23-2)18(19)10-6-9-16-7-4-3-5-8-16/h3-9,11-12,21H,10,13-15H2,1-2H3/b9-6-. The second-order valence-corrected chi connectivity index (χ2v) is 5.35. The summed E-state index contributed by atoms with van der Waals surface area (Å²) in [7, 11) is 3.13. The van der Waals surface area contributed by atoms with Crippen molar-refractivity contribution in [2.45, 2.75) is 13.0 Å². The maximum atomic E-state index is 9.47. The van der Waals surface area contributed by atoms with Crippen LogP contribution in [0.15, 0.2) is 48.5 Å². The molecule has 134 valence electrons. The van der Waals surface area contributed by atoms with E-state index in [1.165, 1.54) is 0 Å². The van der Waals surface area contributed by atoms with E-state index in [1.807, 2.05) is 42.5 Å². The van der Waals surface area contributed by atoms with Crippen molar-refractivity contribution in [3.05, 3.63) is 65.2 Å². The van der Waals surface area contributed by atoms with E-state index in [4.69, 9.17) is 18.9 Å². The molecule has 0 heterocycles. The van der Waals surface area contributed by atoms with Crippen LogP contribution in [0, 0.1) is 0 Å². The van der Waals surface area contributed by atoms with E-state index in [0.29, 0.717) is 23.5 Å². The quantitative estimate of drug-likeness (QED) is 0.670. The number of rotatable bonds is 10. The predicted octanol–water partition coefficient (Wildman–Crippen LogP) is 3.40. The summed E-state index contributed by atoms with van der Waals surface area (Å²) in [4.78, 5) is 0. The molecule has 1 N–H and O–H groups in total. The molecule has 0 aromatic heterocycles. The molecule has 25 heavy (non-hydrogen) atoms. The van der Waals surface area contributed by atoms with Crippen LogP contribution < -0.4 is 9.47 Å². The Morgan fingerprint density at radius 2 is 1.52 bits per heavy atom. The van der Waals surface area contributed by atoms with Gasteiger partial charge in [0, 0.05) is 19.8 Å². The van der Waals surface area contributed by atoms with E-state index in [0.717, 1.165) is 11.1 Å². The van der Waals surface area contributed by atoms with Gasteiger partial charge in [-0.15, -0.1) is 0 Å². The van der Waals surface area contributed by atoms with Gasteiger partial charge in [0.05, 0.1) is 6.61 Å². The highest BCUT2D eigenvalue weighted by Crippen LogP contribution is 2.32. The fourth-order valence-corrected chi connectivity index (χ4v) is 2.35. The minimum absolute atomic E-state index is 0.104. The third kappa shape index (κ3) is 5.90. The summed E-state index contributed by atoms with van der Waals surface area (Å²) in [6.45, 7) is 0.134. The molecule has 0 aliphatic rings. The molecular weight excluding hydrogens is 320 g/mol. The molecule has 5 heteroatoms. The number of benzene rings is 2. The minimum Gasteiger partial charge on any atom is -0.467 e. The molecule has 0 saturated carbocycles. The van der Waals surface area contributed by atoms with Gasteiger partial charge < -0.3 is 24.1 Å². The lowest BCUT2D eigenvalue weighted by Crippen LogP contribution is -2.07. The first-order valence-corrected chi connectivity index (χ1v) is 8.00. The Morgan fingerprint density at radius 1 is 0.920 bits per heavy atom. The van der Waals surface area contributed by atoms with Gasteiger partial charge in [-0.25, -0.2) is 0 Å². The van der Waals surface area contributed by atoms with Crippen LogP contribution in [0.5, 0.6) is 11.5 Å². The average Bonchev–Trinajstić information content (AvgIpc) is 2.66. The Hall–Kier alpha value is -2.34. The van der Waals surface area contributed by atoms with Crippen LogP contribution in [0.2, 0.25) is 0 Å². The van der Waals surface area contributed by atoms with E-state index >= 15 is 0 Å². The zero-order valence-electron chi connectivity index (χ0n) is 14.6. The summed E-state index contributed by atoms with van der Waals surface area (Å²) in [6.07, 6.45) is 4.70. The summed E-state index contributed by atoms with van der Waals surface area (Å²) in [6, 6.07) is 13.6. The van der Waals surface area contributed by atoms with Crippen molar-refractivity contribution >= 4 is 6.08 Å². The van der Waals surface area contributed by atoms with E-state index in [9.17, 15) is 5.11 Å². The van der Waals surface area contributed by atoms with E-state index in [1.54, 1.807) is 26.4 Å². The number of aliphatic hydroxyl groups is 1. The fraction of sp³-hybridized carbons (Fsp3) is 0.300. The largest absolute Gasteiger partial charge is 0.467 e. The van der Waals surface area contributed by atoms with Crippen LogP contribution in [0.4, 0.5) is 0 Å². The smallest absolute Gasteiger partial charge is 0.188 e. The third-order valence-corrected chi connectivity index (χ3v) is 3.51. The van der Waals surface area contributed by atoms with Gasteiger partial charge in [0.15, 0.2) is 13.6 Å². The van der Waals surface area contributed by atoms with Crippen molar-refractivity contribution in [2.24, 2.45) is 0 Å². The van der Waals surface area contributed by atoms with Crippen LogP contribution in [0.25, 0.3) is 6.08 Å². The molecule has 0 saturated heterocycles. The first kappa shape index (κ1) is 19.0. The van der Waals surface area contributed by atoms with Crippen LogP contribution in [-0.4, -0.2) is 32.9 Å². The normalized spacial score (nSPS) is 11.0. The van der Waals surface area contributed by atoms with Crippen LogP contribution >= 0.6 is 0 Å². The highest BCUT2D eigenvalue weighted by atomic mass is 16.7. The Kier molecular flexibility index (Phi) is 7.98. The van der Waals surface area contributed by atoms with Crippen molar-refractivity contribution < 1.29 is 24.1 Å². The lowest BCUT2D eigenvalue weighted by atomic mass is 10.0. The van der Waals surface area contributed by atoms with Gasteiger partial charge in [-0.1, -0.05) is 42.5 Å². The summed E-state index contributed by atoms with van der Waals surface area (Å²) < 4.78 is 21.3. The lowest BCUT2D eigenvalue weighted by Gasteiger charge is -2.16. The number of methoxy groups -OCH3 is 2. The number of ether oxygens (including phenoxy) is 4. The van der Waals surface area contributed by atoms with E-state index in [-0.39, 0.29) is 20.2 Å². The molecule has 0 aliphatic heterocycles. The van der Waals surface area contributed by atoms with Gasteiger partial charge in [-0.2, -0.15) is 0 Å². The van der Waals surface area contributed by atoms with Crippen LogP contribution in [-0.2, 0) is 22.5 Å². The molecule has 2 aromatic carbocycles. The van der Waals surface area contributed by atoms with Gasteiger partial charge in [0.1, 0.15) is 11.5 Å². The monoisotopic (exact) mass is 344 g/mol. The molecule has 2 rings (SSSR count). The van der Waals surface area contributed by atoms with Gasteiger partial charge in [-0.3, -0.25) is 0 Å². The second kappa shape index (κ2) is 10.5. The van der Waals surface area contributed by atoms with Crippen LogP contribution in [0.1, 0.15) is 16.7 Å². The van der Waals surface area contributed by atoms with Gasteiger partial charge >= 0.3 is 0 Å². The van der Waals surface area contributed by atoms with Crippen LogP contribution in [0.3, 0.4) is 0 Å². The SMILES string of the molecule is COCOc1cc(CO)cc(OCOC)c1C/C=C\c1ccccc1. The first-order chi connectivity index (χ1) is 12.3. The Labute approximate surface area is 148 Å². The van der Waals surface area contributed by atoms with E-state index < -0.39 is 0 Å². The first-order valence-electron chi connectivity index (χ1n) is 8.00. The molecular formula is C20H24O5. The molecule has 0 spiro atoms. The molecule has 2 aromatic rings. The third-order valence-electron chi connectivity index (χ3n) is 3.51. The average molecular weight is 344 g/mol. The zero-order valence-corrected chi connectivity index (χ0v) is 14.6. The fourth-order valence-electron chi connectivity index (χ4n) is 2.35. The minimum atomic E-state index is -0.104. The number of aliphatic hydroxyl groups excluding tert-OH is 1. The molecule has 0 amide bonds. The van der Waals surface area contributed by atoms with Gasteiger partial charge in [-0.05, 0) is 29.7 Å². The molecule has 5 nitrogen and oxygen atoms in total. The predicted molar refractivity (Wildman–Crippen MR) is 96.6 cm³/mol. The molecule has 0 unspecified atom stereocenters. The van der Waals surface area contributed by atoms with Crippen molar-refractivity contribution in [3.63, 3.8) is 0 Å². The highest BCUT2D eigenvalue weighted by Gasteiger charge is 2.13. The molecule has 0 bridgehead atoms. The number of allylic oxidation sites excluding steroid dienone is 1. The molecule has 0 radical (unpaired) electrons. The van der Waals surface area contributed by atoms with Gasteiger partial charge in [0.25, 0.3) is 0 Å². The Morgan fingerprint density at radius 3 is 2.04 bits per heavy atom. The zero-order chi connectivity index (χ0) is 17.9. The molecule has 0 fully saturated rings. The molecule has 0 aliphatic carbocycles. The summed E-state index contributed by atoms with van der Waals surface area (Å²) >= 11 is 0. The van der Waals surface area contributed by atoms with Crippen molar-refractivity contribution in [1.82, 2.24) is 0 Å². The summed E-state index contributed by atoms with van der Waals surface area (Å²) in [5, 5.41) is 9.47. The lowest BCUT2D eigenvalue weighted by molar-refractivity contribution is 0.0446. The molecule has 0 atom stereocenters. The summed E-state index contributed by atoms with van der Waals surface area (Å²) in [5.74, 6) is 1.24. The maximum absolute atomic E-state index is 9.47. The Balaban J connectivity index is 2.28. The summed E-state index contributed by atoms with van der Waals surface area (Å²) in [5.41, 5.74) is 2.69. The Bertz CT molecular complexity index is 638. The number of hydrogen-bond donors (Lipinski definition) is 1. The topological polar surface area (TPSA) is 57.2 Å². The second-order valence-electron chi connectivity index (χ2n) is 5.35. The maximum Gasteiger partial charge on any atom is 0.188 e. The van der Waals surface area contributed by atoms with Crippen molar-refractivity contribution in [3.8, 4) is 11.5 Å². The highest BCUT2D eigenvalue weighted by molar-refractivity contribution is 5.53. The van der Waals surface area contributed by atoms with Gasteiger partial charge in [0.2, 0.25) is 0 Å². The number of hydrogen-bond acceptors (Lipinski definition) is 5. The van der Waals surface area contributed by atoms with Crippen molar-refractivity contribution in [2.75, 3.05) is 27.8 Å². The van der Waals surface area contributed by atoms with E-state index in [2.05, 4.69) is 0 Å². The van der Waals surface area contributed by atoms with Crippen molar-refractivity contribution in [1.29, 1.82) is 0 Å².